The van der Waals surface area contributed by atoms with E-state index >= 15 is 0 Å². The molecule has 37 heavy (non-hydrogen) atoms. The molecule has 1 aliphatic carbocycles. The van der Waals surface area contributed by atoms with E-state index < -0.39 is 0 Å². The third-order valence-electron chi connectivity index (χ3n) is 7.54. The van der Waals surface area contributed by atoms with Crippen LogP contribution in [-0.4, -0.2) is 34.5 Å². The summed E-state index contributed by atoms with van der Waals surface area (Å²) in [5, 5.41) is 3.38. The van der Waals surface area contributed by atoms with Crippen LogP contribution in [0.25, 0.3) is 11.3 Å². The fourth-order valence-electron chi connectivity index (χ4n) is 5.59. The Kier molecular flexibility index (Phi) is 7.82. The third kappa shape index (κ3) is 5.53. The number of nitrogens with one attached hydrogen (secondary N) is 1. The fraction of sp³-hybridized carbons (Fsp3) is 0.290. The van der Waals surface area contributed by atoms with E-state index in [2.05, 4.69) is 51.6 Å². The first-order chi connectivity index (χ1) is 17.7. The van der Waals surface area contributed by atoms with E-state index in [1.54, 1.807) is 6.07 Å². The topological polar surface area (TPSA) is 41.1 Å². The molecule has 3 aromatic carbocycles. The smallest absolute Gasteiger partial charge is 0.227 e. The van der Waals surface area contributed by atoms with Gasteiger partial charge in [-0.3, -0.25) is 0 Å². The quantitative estimate of drug-likeness (QED) is 0.296. The van der Waals surface area contributed by atoms with E-state index in [1.807, 2.05) is 30.5 Å². The minimum absolute atomic E-state index is 0. The Morgan fingerprint density at radius 2 is 1.59 bits per heavy atom. The van der Waals surface area contributed by atoms with Crippen molar-refractivity contribution in [3.63, 3.8) is 0 Å². The molecule has 6 heteroatoms. The first-order valence-electron chi connectivity index (χ1n) is 13.0. The minimum Gasteiger partial charge on any atom is -0.324 e. The predicted octanol–water partition coefficient (Wildman–Crippen LogP) is 7.16. The number of benzene rings is 3. The lowest BCUT2D eigenvalue weighted by Gasteiger charge is -2.27. The van der Waals surface area contributed by atoms with Gasteiger partial charge in [0.15, 0.2) is 0 Å². The highest BCUT2D eigenvalue weighted by Gasteiger charge is 2.28. The van der Waals surface area contributed by atoms with Gasteiger partial charge in [-0.15, -0.1) is 12.4 Å². The monoisotopic (exact) mass is 514 g/mol. The van der Waals surface area contributed by atoms with Crippen molar-refractivity contribution in [2.75, 3.05) is 25.0 Å². The van der Waals surface area contributed by atoms with Gasteiger partial charge < -0.3 is 10.2 Å². The average molecular weight is 515 g/mol. The Labute approximate surface area is 224 Å². The zero-order valence-electron chi connectivity index (χ0n) is 20.9. The molecule has 1 fully saturated rings. The highest BCUT2D eigenvalue weighted by Crippen LogP contribution is 2.42. The zero-order valence-corrected chi connectivity index (χ0v) is 21.7. The summed E-state index contributed by atoms with van der Waals surface area (Å²) >= 11 is 0. The molecule has 1 saturated heterocycles. The van der Waals surface area contributed by atoms with E-state index in [9.17, 15) is 4.39 Å². The van der Waals surface area contributed by atoms with Crippen LogP contribution in [-0.2, 0) is 12.8 Å². The molecule has 1 atom stereocenters. The maximum absolute atomic E-state index is 14.7. The third-order valence-corrected chi connectivity index (χ3v) is 7.54. The van der Waals surface area contributed by atoms with Gasteiger partial charge in [0, 0.05) is 29.9 Å². The fourth-order valence-corrected chi connectivity index (χ4v) is 5.59. The van der Waals surface area contributed by atoms with E-state index in [0.717, 1.165) is 46.6 Å². The van der Waals surface area contributed by atoms with Crippen molar-refractivity contribution in [3.05, 3.63) is 107 Å². The van der Waals surface area contributed by atoms with Gasteiger partial charge in [-0.1, -0.05) is 61.0 Å². The van der Waals surface area contributed by atoms with Crippen molar-refractivity contribution in [3.8, 4) is 11.3 Å². The van der Waals surface area contributed by atoms with E-state index in [1.165, 1.54) is 44.0 Å². The number of halogens is 2. The number of piperidine rings is 1. The van der Waals surface area contributed by atoms with Crippen LogP contribution in [0.15, 0.2) is 79.0 Å². The summed E-state index contributed by atoms with van der Waals surface area (Å²) in [5.74, 6) is 0.364. The van der Waals surface area contributed by atoms with Crippen molar-refractivity contribution in [1.82, 2.24) is 14.9 Å². The predicted molar refractivity (Wildman–Crippen MR) is 150 cm³/mol. The van der Waals surface area contributed by atoms with Gasteiger partial charge in [0.25, 0.3) is 0 Å². The van der Waals surface area contributed by atoms with Crippen LogP contribution >= 0.6 is 12.4 Å². The number of aromatic nitrogens is 2. The summed E-state index contributed by atoms with van der Waals surface area (Å²) < 4.78 is 14.7. The van der Waals surface area contributed by atoms with E-state index in [4.69, 9.17) is 4.98 Å². The van der Waals surface area contributed by atoms with Crippen molar-refractivity contribution in [2.45, 2.75) is 38.0 Å². The molecule has 0 bridgehead atoms. The molecule has 4 nitrogen and oxygen atoms in total. The Hall–Kier alpha value is -3.28. The Morgan fingerprint density at radius 1 is 0.865 bits per heavy atom. The van der Waals surface area contributed by atoms with Gasteiger partial charge in [0.1, 0.15) is 5.82 Å². The number of rotatable bonds is 6. The zero-order chi connectivity index (χ0) is 24.3. The minimum atomic E-state index is -0.167. The number of hydrogen-bond donors (Lipinski definition) is 1. The molecular formula is C31H32ClFN4. The first kappa shape index (κ1) is 25.4. The molecule has 0 amide bonds. The van der Waals surface area contributed by atoms with Crippen molar-refractivity contribution in [1.29, 1.82) is 0 Å². The lowest BCUT2D eigenvalue weighted by atomic mass is 9.78. The van der Waals surface area contributed by atoms with Gasteiger partial charge in [-0.05, 0) is 79.2 Å². The summed E-state index contributed by atoms with van der Waals surface area (Å²) in [5.41, 5.74) is 7.17. The van der Waals surface area contributed by atoms with Crippen LogP contribution in [0.2, 0.25) is 0 Å². The van der Waals surface area contributed by atoms with E-state index in [-0.39, 0.29) is 24.1 Å². The van der Waals surface area contributed by atoms with Crippen LogP contribution in [0.5, 0.6) is 0 Å². The van der Waals surface area contributed by atoms with Gasteiger partial charge >= 0.3 is 0 Å². The molecule has 0 saturated carbocycles. The molecule has 2 aliphatic rings. The lowest BCUT2D eigenvalue weighted by molar-refractivity contribution is 0.231. The van der Waals surface area contributed by atoms with Gasteiger partial charge in [0.2, 0.25) is 5.95 Å². The molecule has 0 spiro atoms. The van der Waals surface area contributed by atoms with Gasteiger partial charge in [-0.2, -0.15) is 0 Å². The second-order valence-corrected chi connectivity index (χ2v) is 9.91. The molecule has 1 aromatic heterocycles. The molecule has 6 rings (SSSR count). The Balaban J connectivity index is 0.00000280. The van der Waals surface area contributed by atoms with Crippen LogP contribution in [0.3, 0.4) is 0 Å². The number of hydrogen-bond acceptors (Lipinski definition) is 4. The van der Waals surface area contributed by atoms with Crippen LogP contribution < -0.4 is 5.32 Å². The molecule has 190 valence electrons. The van der Waals surface area contributed by atoms with E-state index in [0.29, 0.717) is 12.4 Å². The molecule has 0 radical (unpaired) electrons. The number of likely N-dealkylation sites (tertiary alicyclic amines) is 1. The highest BCUT2D eigenvalue weighted by atomic mass is 35.5. The Morgan fingerprint density at radius 3 is 2.38 bits per heavy atom. The number of anilines is 2. The van der Waals surface area contributed by atoms with Crippen molar-refractivity contribution < 1.29 is 4.39 Å². The summed E-state index contributed by atoms with van der Waals surface area (Å²) in [6.45, 7) is 3.60. The maximum Gasteiger partial charge on any atom is 0.227 e. The summed E-state index contributed by atoms with van der Waals surface area (Å²) in [7, 11) is 0. The standard InChI is InChI=1S/C31H31FN4.ClH/c32-29-11-5-4-9-26(29)28-20-23-21-33-31(35-30(23)27-10-3-2-8-25(27)28)34-24-14-12-22(13-15-24)16-19-36-17-6-1-7-18-36;/h2-5,8-15,21,28H,1,6-7,16-20H2,(H,33,34,35);1H. The second-order valence-electron chi connectivity index (χ2n) is 9.91. The second kappa shape index (κ2) is 11.4. The largest absolute Gasteiger partial charge is 0.324 e. The first-order valence-corrected chi connectivity index (χ1v) is 13.0. The molecule has 1 N–H and O–H groups in total. The SMILES string of the molecule is Cl.Fc1ccccc1C1Cc2cnc(Nc3ccc(CCN4CCCCC4)cc3)nc2-c2ccccc21. The van der Waals surface area contributed by atoms with Crippen LogP contribution in [0.4, 0.5) is 16.0 Å². The number of fused-ring (bicyclic) bond motifs is 3. The average Bonchev–Trinajstić information content (AvgIpc) is 2.93. The lowest BCUT2D eigenvalue weighted by Crippen LogP contribution is -2.31. The molecule has 2 heterocycles. The maximum atomic E-state index is 14.7. The molecule has 1 unspecified atom stereocenters. The van der Waals surface area contributed by atoms with Crippen LogP contribution in [0, 0.1) is 5.82 Å². The van der Waals surface area contributed by atoms with Crippen LogP contribution in [0.1, 0.15) is 47.4 Å². The number of nitrogens with zero attached hydrogens (tertiary/aromatic N) is 3. The normalized spacial score (nSPS) is 16.8. The Bertz CT molecular complexity index is 1350. The highest BCUT2D eigenvalue weighted by molar-refractivity contribution is 5.85. The van der Waals surface area contributed by atoms with Crippen molar-refractivity contribution >= 4 is 24.0 Å². The summed E-state index contributed by atoms with van der Waals surface area (Å²) in [6, 6.07) is 23.9. The van der Waals surface area contributed by atoms with Gasteiger partial charge in [0.05, 0.1) is 5.69 Å². The molecular weight excluding hydrogens is 483 g/mol. The molecule has 1 aliphatic heterocycles. The summed E-state index contributed by atoms with van der Waals surface area (Å²) in [4.78, 5) is 12.1. The van der Waals surface area contributed by atoms with Crippen molar-refractivity contribution in [2.24, 2.45) is 0 Å². The van der Waals surface area contributed by atoms with Gasteiger partial charge in [-0.25, -0.2) is 14.4 Å². The summed E-state index contributed by atoms with van der Waals surface area (Å²) in [6.07, 6.45) is 7.69. The molecule has 4 aromatic rings.